The molecule has 0 saturated carbocycles. The van der Waals surface area contributed by atoms with Gasteiger partial charge in [-0.1, -0.05) is 6.42 Å². The largest absolute Gasteiger partial charge is 0.344 e. The van der Waals surface area contributed by atoms with Gasteiger partial charge in [-0.2, -0.15) is 0 Å². The Hall–Kier alpha value is -1.43. The number of unbranched alkanes of at least 4 members (excludes halogenated alkanes) is 2. The fraction of sp³-hybridized carbons (Fsp3) is 0.750. The number of nitrogens with zero attached hydrogens (tertiary/aromatic N) is 1. The van der Waals surface area contributed by atoms with Crippen LogP contribution in [0.25, 0.3) is 0 Å². The van der Waals surface area contributed by atoms with E-state index >= 15 is 0 Å². The van der Waals surface area contributed by atoms with E-state index in [-0.39, 0.29) is 17.7 Å². The highest BCUT2D eigenvalue weighted by Crippen LogP contribution is 2.11. The van der Waals surface area contributed by atoms with Crippen LogP contribution in [0.15, 0.2) is 0 Å². The van der Waals surface area contributed by atoms with E-state index in [2.05, 4.69) is 5.32 Å². The zero-order chi connectivity index (χ0) is 13.5. The number of piperidine rings is 1. The van der Waals surface area contributed by atoms with Gasteiger partial charge in [-0.25, -0.2) is 0 Å². The molecule has 0 aromatic carbocycles. The average molecular weight is 255 g/mol. The number of rotatable bonds is 6. The molecule has 6 nitrogen and oxygen atoms in total. The van der Waals surface area contributed by atoms with Crippen molar-refractivity contribution in [2.24, 2.45) is 5.73 Å². The maximum Gasteiger partial charge on any atom is 0.251 e. The molecule has 1 unspecified atom stereocenters. The predicted octanol–water partition coefficient (Wildman–Crippen LogP) is -0.231. The molecule has 18 heavy (non-hydrogen) atoms. The van der Waals surface area contributed by atoms with Gasteiger partial charge in [-0.3, -0.25) is 19.3 Å². The van der Waals surface area contributed by atoms with Crippen LogP contribution in [0.4, 0.5) is 0 Å². The summed E-state index contributed by atoms with van der Waals surface area (Å²) in [7, 11) is 1.45. The summed E-state index contributed by atoms with van der Waals surface area (Å²) >= 11 is 0. The Balaban J connectivity index is 2.31. The predicted molar refractivity (Wildman–Crippen MR) is 66.5 cm³/mol. The highest BCUT2D eigenvalue weighted by atomic mass is 16.2. The lowest BCUT2D eigenvalue weighted by molar-refractivity contribution is -0.149. The van der Waals surface area contributed by atoms with Gasteiger partial charge >= 0.3 is 0 Å². The number of nitrogens with two attached hydrogens (primary N) is 1. The van der Waals surface area contributed by atoms with Crippen molar-refractivity contribution >= 4 is 17.7 Å². The van der Waals surface area contributed by atoms with Crippen molar-refractivity contribution in [3.63, 3.8) is 0 Å². The van der Waals surface area contributed by atoms with Gasteiger partial charge in [0.25, 0.3) is 5.91 Å². The first-order valence-corrected chi connectivity index (χ1v) is 6.36. The summed E-state index contributed by atoms with van der Waals surface area (Å²) < 4.78 is 0. The molecule has 1 atom stereocenters. The number of nitrogens with one attached hydrogen (secondary N) is 1. The minimum absolute atomic E-state index is 0.131. The quantitative estimate of drug-likeness (QED) is 0.506. The summed E-state index contributed by atoms with van der Waals surface area (Å²) in [4.78, 5) is 35.7. The van der Waals surface area contributed by atoms with E-state index < -0.39 is 6.04 Å². The van der Waals surface area contributed by atoms with Crippen LogP contribution >= 0.6 is 0 Å². The number of imide groups is 1. The fourth-order valence-corrected chi connectivity index (χ4v) is 1.92. The van der Waals surface area contributed by atoms with Crippen molar-refractivity contribution in [2.75, 3.05) is 13.6 Å². The Morgan fingerprint density at radius 3 is 2.78 bits per heavy atom. The highest BCUT2D eigenvalue weighted by Gasteiger charge is 2.32. The third-order valence-corrected chi connectivity index (χ3v) is 3.09. The van der Waals surface area contributed by atoms with Crippen molar-refractivity contribution in [1.82, 2.24) is 10.2 Å². The molecule has 0 radical (unpaired) electrons. The Kier molecular flexibility index (Phi) is 5.77. The minimum Gasteiger partial charge on any atom is -0.344 e. The van der Waals surface area contributed by atoms with E-state index in [0.717, 1.165) is 24.2 Å². The van der Waals surface area contributed by atoms with E-state index in [1.165, 1.54) is 7.05 Å². The zero-order valence-electron chi connectivity index (χ0n) is 10.8. The van der Waals surface area contributed by atoms with Crippen molar-refractivity contribution in [3.8, 4) is 0 Å². The third-order valence-electron chi connectivity index (χ3n) is 3.09. The molecule has 0 aliphatic carbocycles. The van der Waals surface area contributed by atoms with E-state index in [1.54, 1.807) is 0 Å². The van der Waals surface area contributed by atoms with Crippen molar-refractivity contribution in [2.45, 2.75) is 44.6 Å². The molecule has 102 valence electrons. The Bertz CT molecular complexity index is 331. The summed E-state index contributed by atoms with van der Waals surface area (Å²) in [5.74, 6) is -0.636. The highest BCUT2D eigenvalue weighted by molar-refractivity contribution is 6.01. The van der Waals surface area contributed by atoms with Crippen LogP contribution in [0.3, 0.4) is 0 Å². The van der Waals surface area contributed by atoms with Gasteiger partial charge < -0.3 is 11.1 Å². The Morgan fingerprint density at radius 1 is 1.39 bits per heavy atom. The first-order valence-electron chi connectivity index (χ1n) is 6.36. The summed E-state index contributed by atoms with van der Waals surface area (Å²) in [5.41, 5.74) is 5.36. The van der Waals surface area contributed by atoms with E-state index in [1.807, 2.05) is 0 Å². The van der Waals surface area contributed by atoms with Gasteiger partial charge in [0.05, 0.1) is 0 Å². The standard InChI is InChI=1S/C12H21N3O3/c1-15-11(17)7-6-9(12(15)18)14-10(16)5-3-2-4-8-13/h9H,2-8,13H2,1H3,(H,14,16). The summed E-state index contributed by atoms with van der Waals surface area (Å²) in [6, 6.07) is -0.547. The lowest BCUT2D eigenvalue weighted by atomic mass is 10.0. The molecule has 3 N–H and O–H groups in total. The minimum atomic E-state index is -0.547. The van der Waals surface area contributed by atoms with Crippen LogP contribution in [0.5, 0.6) is 0 Å². The smallest absolute Gasteiger partial charge is 0.251 e. The van der Waals surface area contributed by atoms with Crippen molar-refractivity contribution in [3.05, 3.63) is 0 Å². The maximum atomic E-state index is 11.7. The van der Waals surface area contributed by atoms with Crippen LogP contribution in [-0.2, 0) is 14.4 Å². The fourth-order valence-electron chi connectivity index (χ4n) is 1.92. The second kappa shape index (κ2) is 7.10. The molecule has 0 aromatic rings. The van der Waals surface area contributed by atoms with Crippen LogP contribution in [-0.4, -0.2) is 42.3 Å². The van der Waals surface area contributed by atoms with Crippen LogP contribution < -0.4 is 11.1 Å². The number of likely N-dealkylation sites (tertiary alicyclic amines) is 1. The van der Waals surface area contributed by atoms with Crippen LogP contribution in [0.1, 0.15) is 38.5 Å². The number of hydrogen-bond donors (Lipinski definition) is 2. The van der Waals surface area contributed by atoms with E-state index in [4.69, 9.17) is 5.73 Å². The monoisotopic (exact) mass is 255 g/mol. The van der Waals surface area contributed by atoms with Gasteiger partial charge in [0.1, 0.15) is 6.04 Å². The van der Waals surface area contributed by atoms with Crippen LogP contribution in [0.2, 0.25) is 0 Å². The first kappa shape index (κ1) is 14.6. The first-order chi connectivity index (χ1) is 8.56. The molecule has 6 heteroatoms. The zero-order valence-corrected chi connectivity index (χ0v) is 10.8. The maximum absolute atomic E-state index is 11.7. The van der Waals surface area contributed by atoms with Gasteiger partial charge in [0, 0.05) is 19.9 Å². The number of likely N-dealkylation sites (N-methyl/N-ethyl adjacent to an activating group) is 1. The van der Waals surface area contributed by atoms with Gasteiger partial charge in [0.2, 0.25) is 11.8 Å². The molecule has 0 bridgehead atoms. The van der Waals surface area contributed by atoms with Gasteiger partial charge in [-0.05, 0) is 25.8 Å². The Morgan fingerprint density at radius 2 is 2.11 bits per heavy atom. The number of carbonyl (C=O) groups is 3. The molecule has 1 fully saturated rings. The molecule has 0 aromatic heterocycles. The van der Waals surface area contributed by atoms with E-state index in [0.29, 0.717) is 25.8 Å². The molecule has 0 spiro atoms. The second-order valence-corrected chi connectivity index (χ2v) is 4.55. The molecule has 3 amide bonds. The van der Waals surface area contributed by atoms with E-state index in [9.17, 15) is 14.4 Å². The molecular weight excluding hydrogens is 234 g/mol. The average Bonchev–Trinajstić information content (AvgIpc) is 2.35. The lowest BCUT2D eigenvalue weighted by Gasteiger charge is -2.28. The molecular formula is C12H21N3O3. The molecule has 1 aliphatic rings. The Labute approximate surface area is 107 Å². The van der Waals surface area contributed by atoms with Gasteiger partial charge in [-0.15, -0.1) is 0 Å². The second-order valence-electron chi connectivity index (χ2n) is 4.55. The molecule has 1 saturated heterocycles. The number of carbonyl (C=O) groups excluding carboxylic acids is 3. The topological polar surface area (TPSA) is 92.5 Å². The number of hydrogen-bond acceptors (Lipinski definition) is 4. The summed E-state index contributed by atoms with van der Waals surface area (Å²) in [5, 5.41) is 2.68. The number of amides is 3. The van der Waals surface area contributed by atoms with Gasteiger partial charge in [0.15, 0.2) is 0 Å². The molecule has 1 aliphatic heterocycles. The van der Waals surface area contributed by atoms with Crippen molar-refractivity contribution < 1.29 is 14.4 Å². The third kappa shape index (κ3) is 4.10. The lowest BCUT2D eigenvalue weighted by Crippen LogP contribution is -2.52. The normalized spacial score (nSPS) is 20.1. The van der Waals surface area contributed by atoms with Crippen LogP contribution in [0, 0.1) is 0 Å². The van der Waals surface area contributed by atoms with Crippen molar-refractivity contribution in [1.29, 1.82) is 0 Å². The SMILES string of the molecule is CN1C(=O)CCC(NC(=O)CCCCCN)C1=O. The summed E-state index contributed by atoms with van der Waals surface area (Å²) in [6.45, 7) is 0.635. The molecule has 1 rings (SSSR count). The summed E-state index contributed by atoms with van der Waals surface area (Å²) in [6.07, 6.45) is 3.71. The molecule has 1 heterocycles.